The van der Waals surface area contributed by atoms with Crippen LogP contribution >= 0.6 is 0 Å². The van der Waals surface area contributed by atoms with Crippen LogP contribution in [-0.2, 0) is 6.42 Å². The van der Waals surface area contributed by atoms with E-state index in [0.717, 1.165) is 29.4 Å². The Morgan fingerprint density at radius 1 is 1.24 bits per heavy atom. The molecule has 0 aromatic carbocycles. The summed E-state index contributed by atoms with van der Waals surface area (Å²) in [6.45, 7) is 6.41. The van der Waals surface area contributed by atoms with Gasteiger partial charge in [0.2, 0.25) is 0 Å². The Morgan fingerprint density at radius 2 is 1.88 bits per heavy atom. The molecule has 0 saturated heterocycles. The topological polar surface area (TPSA) is 49.8 Å². The maximum Gasteiger partial charge on any atom is 0.135 e. The van der Waals surface area contributed by atoms with E-state index in [1.165, 1.54) is 19.3 Å². The van der Waals surface area contributed by atoms with Gasteiger partial charge in [-0.05, 0) is 33.1 Å². The van der Waals surface area contributed by atoms with Gasteiger partial charge in [0.05, 0.1) is 0 Å². The third-order valence-corrected chi connectivity index (χ3v) is 3.62. The molecular formula is C13H22N4. The molecule has 1 aliphatic carbocycles. The quantitative estimate of drug-likeness (QED) is 0.841. The highest BCUT2D eigenvalue weighted by Crippen LogP contribution is 2.35. The zero-order valence-corrected chi connectivity index (χ0v) is 11.2. The van der Waals surface area contributed by atoms with Crippen LogP contribution in [0.25, 0.3) is 0 Å². The molecule has 1 heterocycles. The third kappa shape index (κ3) is 2.35. The smallest absolute Gasteiger partial charge is 0.135 e. The second-order valence-corrected chi connectivity index (χ2v) is 5.10. The SMILES string of the molecule is CCc1nc(NC)c(C)c(NC2(C)CCC2)n1. The summed E-state index contributed by atoms with van der Waals surface area (Å²) in [7, 11) is 1.91. The van der Waals surface area contributed by atoms with E-state index < -0.39 is 0 Å². The summed E-state index contributed by atoms with van der Waals surface area (Å²) in [4.78, 5) is 9.09. The molecule has 4 heteroatoms. The van der Waals surface area contributed by atoms with E-state index in [2.05, 4.69) is 41.4 Å². The van der Waals surface area contributed by atoms with Crippen molar-refractivity contribution in [1.82, 2.24) is 9.97 Å². The van der Waals surface area contributed by atoms with Crippen LogP contribution < -0.4 is 10.6 Å². The normalized spacial score (nSPS) is 17.4. The first-order valence-corrected chi connectivity index (χ1v) is 6.41. The van der Waals surface area contributed by atoms with Crippen LogP contribution in [0.1, 0.15) is 44.5 Å². The minimum atomic E-state index is 0.231. The van der Waals surface area contributed by atoms with E-state index in [1.54, 1.807) is 0 Å². The van der Waals surface area contributed by atoms with Gasteiger partial charge < -0.3 is 10.6 Å². The molecule has 0 unspecified atom stereocenters. The molecule has 1 aromatic heterocycles. The molecule has 1 aliphatic rings. The highest BCUT2D eigenvalue weighted by atomic mass is 15.1. The highest BCUT2D eigenvalue weighted by Gasteiger charge is 2.32. The molecule has 2 N–H and O–H groups in total. The van der Waals surface area contributed by atoms with Crippen molar-refractivity contribution in [3.63, 3.8) is 0 Å². The molecule has 94 valence electrons. The fourth-order valence-electron chi connectivity index (χ4n) is 2.20. The Kier molecular flexibility index (Phi) is 3.22. The Labute approximate surface area is 103 Å². The van der Waals surface area contributed by atoms with Gasteiger partial charge in [0, 0.05) is 24.6 Å². The predicted molar refractivity (Wildman–Crippen MR) is 71.6 cm³/mol. The minimum Gasteiger partial charge on any atom is -0.373 e. The van der Waals surface area contributed by atoms with Crippen LogP contribution in [0.3, 0.4) is 0 Å². The molecule has 1 fully saturated rings. The van der Waals surface area contributed by atoms with Gasteiger partial charge in [0.25, 0.3) is 0 Å². The lowest BCUT2D eigenvalue weighted by atomic mass is 9.78. The summed E-state index contributed by atoms with van der Waals surface area (Å²) >= 11 is 0. The summed E-state index contributed by atoms with van der Waals surface area (Å²) in [5, 5.41) is 6.72. The fourth-order valence-corrected chi connectivity index (χ4v) is 2.20. The van der Waals surface area contributed by atoms with E-state index in [-0.39, 0.29) is 5.54 Å². The summed E-state index contributed by atoms with van der Waals surface area (Å²) < 4.78 is 0. The van der Waals surface area contributed by atoms with Crippen molar-refractivity contribution in [3.05, 3.63) is 11.4 Å². The molecule has 1 saturated carbocycles. The highest BCUT2D eigenvalue weighted by molar-refractivity contribution is 5.58. The van der Waals surface area contributed by atoms with E-state index in [4.69, 9.17) is 0 Å². The number of hydrogen-bond donors (Lipinski definition) is 2. The van der Waals surface area contributed by atoms with Gasteiger partial charge in [-0.25, -0.2) is 9.97 Å². The van der Waals surface area contributed by atoms with Crippen molar-refractivity contribution >= 4 is 11.6 Å². The fraction of sp³-hybridized carbons (Fsp3) is 0.692. The van der Waals surface area contributed by atoms with Crippen LogP contribution in [0, 0.1) is 6.92 Å². The van der Waals surface area contributed by atoms with Crippen molar-refractivity contribution in [2.45, 2.75) is 52.0 Å². The standard InChI is InChI=1S/C13H22N4/c1-5-10-15-11(14-4)9(2)12(16-10)17-13(3)7-6-8-13/h5-8H2,1-4H3,(H2,14,15,16,17). The first kappa shape index (κ1) is 12.1. The van der Waals surface area contributed by atoms with E-state index in [1.807, 2.05) is 7.05 Å². The maximum absolute atomic E-state index is 4.60. The van der Waals surface area contributed by atoms with E-state index in [9.17, 15) is 0 Å². The van der Waals surface area contributed by atoms with Crippen molar-refractivity contribution in [3.8, 4) is 0 Å². The molecule has 0 radical (unpaired) electrons. The molecular weight excluding hydrogens is 212 g/mol. The summed E-state index contributed by atoms with van der Waals surface area (Å²) in [6.07, 6.45) is 4.63. The average Bonchev–Trinajstić information content (AvgIpc) is 2.29. The number of hydrogen-bond acceptors (Lipinski definition) is 4. The molecule has 0 aliphatic heterocycles. The third-order valence-electron chi connectivity index (χ3n) is 3.62. The lowest BCUT2D eigenvalue weighted by Gasteiger charge is -2.40. The van der Waals surface area contributed by atoms with Gasteiger partial charge in [0.1, 0.15) is 17.5 Å². The maximum atomic E-state index is 4.60. The summed E-state index contributed by atoms with van der Waals surface area (Å²) in [5.74, 6) is 2.82. The van der Waals surface area contributed by atoms with Gasteiger partial charge in [-0.2, -0.15) is 0 Å². The zero-order valence-electron chi connectivity index (χ0n) is 11.2. The molecule has 0 bridgehead atoms. The summed E-state index contributed by atoms with van der Waals surface area (Å²) in [5.41, 5.74) is 1.34. The predicted octanol–water partition coefficient (Wildman–Crippen LogP) is 2.74. The summed E-state index contributed by atoms with van der Waals surface area (Å²) in [6, 6.07) is 0. The molecule has 0 amide bonds. The van der Waals surface area contributed by atoms with Gasteiger partial charge in [-0.1, -0.05) is 6.92 Å². The number of nitrogens with zero attached hydrogens (tertiary/aromatic N) is 2. The minimum absolute atomic E-state index is 0.231. The van der Waals surface area contributed by atoms with Gasteiger partial charge in [-0.15, -0.1) is 0 Å². The zero-order chi connectivity index (χ0) is 12.5. The van der Waals surface area contributed by atoms with Gasteiger partial charge >= 0.3 is 0 Å². The average molecular weight is 234 g/mol. The lowest BCUT2D eigenvalue weighted by molar-refractivity contribution is 0.305. The van der Waals surface area contributed by atoms with Crippen molar-refractivity contribution in [1.29, 1.82) is 0 Å². The van der Waals surface area contributed by atoms with E-state index >= 15 is 0 Å². The lowest BCUT2D eigenvalue weighted by Crippen LogP contribution is -2.42. The van der Waals surface area contributed by atoms with Crippen LogP contribution in [0.4, 0.5) is 11.6 Å². The first-order chi connectivity index (χ1) is 8.08. The molecule has 2 rings (SSSR count). The largest absolute Gasteiger partial charge is 0.373 e. The number of aromatic nitrogens is 2. The van der Waals surface area contributed by atoms with Crippen LogP contribution in [0.2, 0.25) is 0 Å². The van der Waals surface area contributed by atoms with Crippen molar-refractivity contribution in [2.75, 3.05) is 17.7 Å². The van der Waals surface area contributed by atoms with Crippen LogP contribution in [-0.4, -0.2) is 22.6 Å². The molecule has 17 heavy (non-hydrogen) atoms. The molecule has 4 nitrogen and oxygen atoms in total. The van der Waals surface area contributed by atoms with Crippen molar-refractivity contribution in [2.24, 2.45) is 0 Å². The molecule has 1 aromatic rings. The number of rotatable bonds is 4. The number of nitrogens with one attached hydrogen (secondary N) is 2. The molecule has 0 spiro atoms. The number of anilines is 2. The monoisotopic (exact) mass is 234 g/mol. The van der Waals surface area contributed by atoms with Crippen LogP contribution in [0.15, 0.2) is 0 Å². The molecule has 0 atom stereocenters. The second-order valence-electron chi connectivity index (χ2n) is 5.10. The number of aryl methyl sites for hydroxylation is 1. The van der Waals surface area contributed by atoms with Crippen molar-refractivity contribution < 1.29 is 0 Å². The Morgan fingerprint density at radius 3 is 2.35 bits per heavy atom. The second kappa shape index (κ2) is 4.51. The Bertz CT molecular complexity index is 410. The van der Waals surface area contributed by atoms with Crippen LogP contribution in [0.5, 0.6) is 0 Å². The Balaban J connectivity index is 2.31. The Hall–Kier alpha value is -1.32. The van der Waals surface area contributed by atoms with Gasteiger partial charge in [-0.3, -0.25) is 0 Å². The van der Waals surface area contributed by atoms with E-state index in [0.29, 0.717) is 0 Å². The van der Waals surface area contributed by atoms with Gasteiger partial charge in [0.15, 0.2) is 0 Å². The first-order valence-electron chi connectivity index (χ1n) is 6.41.